The summed E-state index contributed by atoms with van der Waals surface area (Å²) in [6.45, 7) is -0.570. The van der Waals surface area contributed by atoms with Crippen LogP contribution < -0.4 is 10.2 Å². The second-order valence-electron chi connectivity index (χ2n) is 4.07. The second kappa shape index (κ2) is 7.60. The lowest BCUT2D eigenvalue weighted by molar-refractivity contribution is -0.123. The summed E-state index contributed by atoms with van der Waals surface area (Å²) in [6.07, 6.45) is 4.54. The number of amides is 1. The fourth-order valence-electron chi connectivity index (χ4n) is 1.47. The molecule has 1 amide bonds. The molecule has 0 aliphatic carbocycles. The van der Waals surface area contributed by atoms with Gasteiger partial charge in [0.25, 0.3) is 5.91 Å². The molecule has 0 aliphatic heterocycles. The van der Waals surface area contributed by atoms with Crippen LogP contribution in [0.4, 0.5) is 8.78 Å². The average molecular weight is 370 g/mol. The molecule has 22 heavy (non-hydrogen) atoms. The lowest BCUT2D eigenvalue weighted by Gasteiger charge is -2.07. The third-order valence-corrected chi connectivity index (χ3v) is 2.86. The fraction of sp³-hybridized carbons (Fsp3) is 0.0714. The van der Waals surface area contributed by atoms with Crippen molar-refractivity contribution < 1.29 is 18.3 Å². The number of aromatic nitrogens is 1. The minimum absolute atomic E-state index is 0.236. The molecule has 0 spiro atoms. The van der Waals surface area contributed by atoms with Crippen LogP contribution in [0, 0.1) is 11.6 Å². The zero-order valence-electron chi connectivity index (χ0n) is 11.1. The van der Waals surface area contributed by atoms with Crippen LogP contribution in [0.25, 0.3) is 0 Å². The molecule has 2 rings (SSSR count). The van der Waals surface area contributed by atoms with E-state index in [0.29, 0.717) is 5.56 Å². The van der Waals surface area contributed by atoms with Crippen molar-refractivity contribution >= 4 is 28.1 Å². The molecule has 1 N–H and O–H groups in total. The van der Waals surface area contributed by atoms with E-state index in [1.54, 1.807) is 24.5 Å². The Morgan fingerprint density at radius 3 is 2.77 bits per heavy atom. The van der Waals surface area contributed by atoms with Gasteiger partial charge in [0.15, 0.2) is 24.0 Å². The first-order valence-corrected chi connectivity index (χ1v) is 6.85. The molecule has 0 radical (unpaired) electrons. The van der Waals surface area contributed by atoms with Gasteiger partial charge in [-0.3, -0.25) is 9.78 Å². The number of pyridine rings is 1. The van der Waals surface area contributed by atoms with E-state index in [4.69, 9.17) is 4.74 Å². The monoisotopic (exact) mass is 369 g/mol. The van der Waals surface area contributed by atoms with Crippen molar-refractivity contribution in [3.8, 4) is 5.75 Å². The van der Waals surface area contributed by atoms with Gasteiger partial charge in [0.05, 0.1) is 6.21 Å². The molecule has 1 aromatic heterocycles. The van der Waals surface area contributed by atoms with E-state index < -0.39 is 29.9 Å². The Hall–Kier alpha value is -2.35. The van der Waals surface area contributed by atoms with E-state index in [9.17, 15) is 13.6 Å². The van der Waals surface area contributed by atoms with Crippen LogP contribution in [-0.4, -0.2) is 23.7 Å². The van der Waals surface area contributed by atoms with E-state index in [0.717, 1.165) is 12.1 Å². The minimum atomic E-state index is -0.904. The number of carbonyl (C=O) groups excluding carboxylic acids is 1. The summed E-state index contributed by atoms with van der Waals surface area (Å²) in [7, 11) is 0. The molecule has 0 saturated heterocycles. The van der Waals surface area contributed by atoms with Gasteiger partial charge in [-0.25, -0.2) is 14.2 Å². The van der Waals surface area contributed by atoms with Crippen LogP contribution in [0.1, 0.15) is 5.56 Å². The molecule has 2 aromatic rings. The minimum Gasteiger partial charge on any atom is -0.478 e. The van der Waals surface area contributed by atoms with Crippen molar-refractivity contribution in [3.05, 3.63) is 58.3 Å². The van der Waals surface area contributed by atoms with Crippen molar-refractivity contribution in [1.29, 1.82) is 0 Å². The standard InChI is InChI=1S/C14H10BrF2N3O2/c15-10-4-11(16)14(12(17)5-10)22-8-13(21)20-19-7-9-2-1-3-18-6-9/h1-7H,8H2,(H,20,21)/b19-7-. The van der Waals surface area contributed by atoms with Crippen LogP contribution in [0.3, 0.4) is 0 Å². The lowest BCUT2D eigenvalue weighted by Crippen LogP contribution is -2.25. The molecule has 0 unspecified atom stereocenters. The molecule has 8 heteroatoms. The summed E-state index contributed by atoms with van der Waals surface area (Å²) in [5.41, 5.74) is 2.86. The van der Waals surface area contributed by atoms with E-state index in [-0.39, 0.29) is 4.47 Å². The molecule has 0 bridgehead atoms. The summed E-state index contributed by atoms with van der Waals surface area (Å²) in [6, 6.07) is 5.53. The van der Waals surface area contributed by atoms with Gasteiger partial charge < -0.3 is 4.74 Å². The lowest BCUT2D eigenvalue weighted by atomic mass is 10.3. The highest BCUT2D eigenvalue weighted by Crippen LogP contribution is 2.25. The first-order valence-electron chi connectivity index (χ1n) is 6.05. The fourth-order valence-corrected chi connectivity index (χ4v) is 1.87. The molecule has 0 fully saturated rings. The molecule has 1 heterocycles. The van der Waals surface area contributed by atoms with Gasteiger partial charge in [-0.2, -0.15) is 5.10 Å². The zero-order valence-corrected chi connectivity index (χ0v) is 12.7. The predicted octanol–water partition coefficient (Wildman–Crippen LogP) is 2.65. The van der Waals surface area contributed by atoms with Crippen molar-refractivity contribution in [2.45, 2.75) is 0 Å². The summed E-state index contributed by atoms with van der Waals surface area (Å²) in [5, 5.41) is 3.67. The third kappa shape index (κ3) is 4.59. The Labute approximate surface area is 133 Å². The van der Waals surface area contributed by atoms with Gasteiger partial charge in [0, 0.05) is 22.4 Å². The molecule has 1 aromatic carbocycles. The molecular weight excluding hydrogens is 360 g/mol. The Balaban J connectivity index is 1.87. The van der Waals surface area contributed by atoms with E-state index in [1.165, 1.54) is 6.21 Å². The first-order chi connectivity index (χ1) is 10.6. The summed E-state index contributed by atoms with van der Waals surface area (Å²) < 4.78 is 32.0. The summed E-state index contributed by atoms with van der Waals surface area (Å²) in [4.78, 5) is 15.3. The SMILES string of the molecule is O=C(COc1c(F)cc(Br)cc1F)N/N=C\c1cccnc1. The Kier molecular flexibility index (Phi) is 5.54. The number of carbonyl (C=O) groups is 1. The maximum absolute atomic E-state index is 13.5. The van der Waals surface area contributed by atoms with E-state index >= 15 is 0 Å². The number of hydrogen-bond donors (Lipinski definition) is 1. The molecule has 0 aliphatic rings. The number of hydrazone groups is 1. The Morgan fingerprint density at radius 2 is 2.14 bits per heavy atom. The van der Waals surface area contributed by atoms with Crippen molar-refractivity contribution in [2.75, 3.05) is 6.61 Å². The highest BCUT2D eigenvalue weighted by Gasteiger charge is 2.13. The molecule has 5 nitrogen and oxygen atoms in total. The highest BCUT2D eigenvalue weighted by atomic mass is 79.9. The Morgan fingerprint density at radius 1 is 1.41 bits per heavy atom. The maximum atomic E-state index is 13.5. The van der Waals surface area contributed by atoms with Crippen molar-refractivity contribution in [1.82, 2.24) is 10.4 Å². The van der Waals surface area contributed by atoms with E-state index in [1.807, 2.05) is 0 Å². The van der Waals surface area contributed by atoms with Gasteiger partial charge in [-0.05, 0) is 18.2 Å². The first kappa shape index (κ1) is 16.0. The van der Waals surface area contributed by atoms with Crippen LogP contribution in [-0.2, 0) is 4.79 Å². The van der Waals surface area contributed by atoms with Gasteiger partial charge in [-0.15, -0.1) is 0 Å². The topological polar surface area (TPSA) is 63.6 Å². The number of halogens is 3. The van der Waals surface area contributed by atoms with Gasteiger partial charge in [0.1, 0.15) is 0 Å². The number of nitrogens with one attached hydrogen (secondary N) is 1. The van der Waals surface area contributed by atoms with Gasteiger partial charge >= 0.3 is 0 Å². The largest absolute Gasteiger partial charge is 0.478 e. The molecular formula is C14H10BrF2N3O2. The number of nitrogens with zero attached hydrogens (tertiary/aromatic N) is 2. The van der Waals surface area contributed by atoms with Crippen LogP contribution in [0.2, 0.25) is 0 Å². The van der Waals surface area contributed by atoms with Crippen molar-refractivity contribution in [2.24, 2.45) is 5.10 Å². The number of benzene rings is 1. The Bertz CT molecular complexity index is 673. The van der Waals surface area contributed by atoms with Gasteiger partial charge in [-0.1, -0.05) is 22.0 Å². The second-order valence-corrected chi connectivity index (χ2v) is 4.98. The quantitative estimate of drug-likeness (QED) is 0.650. The van der Waals surface area contributed by atoms with Crippen molar-refractivity contribution in [3.63, 3.8) is 0 Å². The maximum Gasteiger partial charge on any atom is 0.277 e. The molecule has 0 atom stereocenters. The number of ether oxygens (including phenoxy) is 1. The average Bonchev–Trinajstić information content (AvgIpc) is 2.47. The molecule has 114 valence electrons. The number of rotatable bonds is 5. The highest BCUT2D eigenvalue weighted by molar-refractivity contribution is 9.10. The molecule has 0 saturated carbocycles. The van der Waals surface area contributed by atoms with Crippen LogP contribution in [0.5, 0.6) is 5.75 Å². The predicted molar refractivity (Wildman–Crippen MR) is 79.5 cm³/mol. The van der Waals surface area contributed by atoms with Gasteiger partial charge in [0.2, 0.25) is 0 Å². The van der Waals surface area contributed by atoms with Crippen LogP contribution >= 0.6 is 15.9 Å². The van der Waals surface area contributed by atoms with E-state index in [2.05, 4.69) is 31.4 Å². The third-order valence-electron chi connectivity index (χ3n) is 2.40. The smallest absolute Gasteiger partial charge is 0.277 e. The summed E-state index contributed by atoms with van der Waals surface area (Å²) in [5.74, 6) is -3.08. The zero-order chi connectivity index (χ0) is 15.9. The number of hydrogen-bond acceptors (Lipinski definition) is 4. The normalized spacial score (nSPS) is 10.7. The summed E-state index contributed by atoms with van der Waals surface area (Å²) >= 11 is 2.94. The van der Waals surface area contributed by atoms with Crippen LogP contribution in [0.15, 0.2) is 46.2 Å².